The van der Waals surface area contributed by atoms with Gasteiger partial charge in [0.15, 0.2) is 0 Å². The van der Waals surface area contributed by atoms with Gasteiger partial charge in [-0.25, -0.2) is 0 Å². The largest absolute Gasteiger partial charge is 0.369 e. The van der Waals surface area contributed by atoms with Crippen molar-refractivity contribution in [3.8, 4) is 0 Å². The van der Waals surface area contributed by atoms with Gasteiger partial charge in [-0.15, -0.1) is 0 Å². The molecule has 0 saturated heterocycles. The van der Waals surface area contributed by atoms with Crippen LogP contribution in [0.25, 0.3) is 0 Å². The van der Waals surface area contributed by atoms with Gasteiger partial charge in [0.05, 0.1) is 12.2 Å². The summed E-state index contributed by atoms with van der Waals surface area (Å²) in [4.78, 5) is 0. The number of benzene rings is 1. The second-order valence-corrected chi connectivity index (χ2v) is 7.94. The van der Waals surface area contributed by atoms with Crippen molar-refractivity contribution in [3.63, 3.8) is 0 Å². The molecule has 1 saturated carbocycles. The Hall–Kier alpha value is -0.570. The Morgan fingerprint density at radius 2 is 1.86 bits per heavy atom. The van der Waals surface area contributed by atoms with Crippen molar-refractivity contribution < 1.29 is 4.74 Å². The van der Waals surface area contributed by atoms with Crippen LogP contribution in [0, 0.1) is 11.3 Å². The van der Waals surface area contributed by atoms with E-state index in [4.69, 9.17) is 22.1 Å². The molecule has 1 aliphatic rings. The van der Waals surface area contributed by atoms with Crippen molar-refractivity contribution in [1.82, 2.24) is 0 Å². The molecular formula is C18H28ClNO. The van der Waals surface area contributed by atoms with Gasteiger partial charge in [0.1, 0.15) is 0 Å². The van der Waals surface area contributed by atoms with Gasteiger partial charge >= 0.3 is 0 Å². The van der Waals surface area contributed by atoms with Gasteiger partial charge in [-0.3, -0.25) is 0 Å². The van der Waals surface area contributed by atoms with E-state index in [1.807, 2.05) is 31.2 Å². The zero-order valence-electron chi connectivity index (χ0n) is 13.6. The molecule has 4 unspecified atom stereocenters. The van der Waals surface area contributed by atoms with E-state index in [0.717, 1.165) is 23.4 Å². The van der Waals surface area contributed by atoms with Crippen LogP contribution in [0.15, 0.2) is 24.3 Å². The Bertz CT molecular complexity index is 455. The highest BCUT2D eigenvalue weighted by Gasteiger charge is 2.34. The standard InChI is InChI=1S/C18H28ClNO/c1-12-9-16(11-18(3,4)10-12)21-17(13(2)20)14-5-7-15(19)8-6-14/h5-8,12-13,16-17H,9-11,20H2,1-4H3. The van der Waals surface area contributed by atoms with Crippen molar-refractivity contribution in [2.75, 3.05) is 0 Å². The van der Waals surface area contributed by atoms with E-state index < -0.39 is 0 Å². The molecule has 3 heteroatoms. The lowest BCUT2D eigenvalue weighted by Gasteiger charge is -2.40. The molecule has 2 N–H and O–H groups in total. The molecule has 1 aliphatic carbocycles. The zero-order valence-corrected chi connectivity index (χ0v) is 14.4. The van der Waals surface area contributed by atoms with Crippen LogP contribution in [0.1, 0.15) is 58.6 Å². The van der Waals surface area contributed by atoms with E-state index in [0.29, 0.717) is 11.3 Å². The molecule has 21 heavy (non-hydrogen) atoms. The Labute approximate surface area is 134 Å². The molecule has 0 spiro atoms. The Morgan fingerprint density at radius 3 is 2.38 bits per heavy atom. The normalized spacial score (nSPS) is 28.1. The molecule has 2 nitrogen and oxygen atoms in total. The van der Waals surface area contributed by atoms with E-state index in [1.54, 1.807) is 0 Å². The van der Waals surface area contributed by atoms with Crippen LogP contribution in [0.4, 0.5) is 0 Å². The Balaban J connectivity index is 2.11. The Morgan fingerprint density at radius 1 is 1.24 bits per heavy atom. The quantitative estimate of drug-likeness (QED) is 0.853. The van der Waals surface area contributed by atoms with Crippen LogP contribution < -0.4 is 5.73 Å². The first-order valence-corrected chi connectivity index (χ1v) is 8.31. The first-order chi connectivity index (χ1) is 9.77. The summed E-state index contributed by atoms with van der Waals surface area (Å²) >= 11 is 5.97. The molecule has 4 atom stereocenters. The van der Waals surface area contributed by atoms with Crippen LogP contribution in [0.3, 0.4) is 0 Å². The van der Waals surface area contributed by atoms with E-state index in [-0.39, 0.29) is 18.2 Å². The molecule has 0 heterocycles. The maximum atomic E-state index is 6.42. The molecule has 0 radical (unpaired) electrons. The summed E-state index contributed by atoms with van der Waals surface area (Å²) in [5, 5.41) is 0.745. The third-order valence-corrected chi connectivity index (χ3v) is 4.61. The number of hydrogen-bond donors (Lipinski definition) is 1. The smallest absolute Gasteiger partial charge is 0.0976 e. The van der Waals surface area contributed by atoms with E-state index in [1.165, 1.54) is 6.42 Å². The number of nitrogens with two attached hydrogens (primary N) is 1. The summed E-state index contributed by atoms with van der Waals surface area (Å²) in [5.74, 6) is 0.706. The van der Waals surface area contributed by atoms with Crippen LogP contribution in [0.2, 0.25) is 5.02 Å². The molecule has 0 aliphatic heterocycles. The van der Waals surface area contributed by atoms with E-state index in [9.17, 15) is 0 Å². The van der Waals surface area contributed by atoms with Gasteiger partial charge < -0.3 is 10.5 Å². The van der Waals surface area contributed by atoms with E-state index >= 15 is 0 Å². The average molecular weight is 310 g/mol. The van der Waals surface area contributed by atoms with Crippen LogP contribution in [-0.2, 0) is 4.74 Å². The number of halogens is 1. The van der Waals surface area contributed by atoms with Crippen molar-refractivity contribution in [1.29, 1.82) is 0 Å². The first kappa shape index (κ1) is 16.8. The fraction of sp³-hybridized carbons (Fsp3) is 0.667. The van der Waals surface area contributed by atoms with Crippen LogP contribution >= 0.6 is 11.6 Å². The third kappa shape index (κ3) is 4.70. The minimum absolute atomic E-state index is 0.0356. The van der Waals surface area contributed by atoms with Crippen LogP contribution in [0.5, 0.6) is 0 Å². The summed E-state index contributed by atoms with van der Waals surface area (Å²) in [6, 6.07) is 7.82. The lowest BCUT2D eigenvalue weighted by molar-refractivity contribution is -0.0738. The average Bonchev–Trinajstić information content (AvgIpc) is 2.34. The summed E-state index contributed by atoms with van der Waals surface area (Å²) in [6.07, 6.45) is 3.73. The maximum absolute atomic E-state index is 6.42. The summed E-state index contributed by atoms with van der Waals surface area (Å²) in [5.41, 5.74) is 7.64. The van der Waals surface area contributed by atoms with Gasteiger partial charge in [-0.1, -0.05) is 44.5 Å². The fourth-order valence-corrected chi connectivity index (χ4v) is 3.85. The highest BCUT2D eigenvalue weighted by Crippen LogP contribution is 2.41. The van der Waals surface area contributed by atoms with Crippen molar-refractivity contribution in [2.45, 2.75) is 65.2 Å². The van der Waals surface area contributed by atoms with Crippen molar-refractivity contribution in [2.24, 2.45) is 17.1 Å². The SMILES string of the molecule is CC1CC(OC(c2ccc(Cl)cc2)C(C)N)CC(C)(C)C1. The molecule has 1 aromatic carbocycles. The van der Waals surface area contributed by atoms with E-state index in [2.05, 4.69) is 20.8 Å². The highest BCUT2D eigenvalue weighted by molar-refractivity contribution is 6.30. The second-order valence-electron chi connectivity index (χ2n) is 7.50. The highest BCUT2D eigenvalue weighted by atomic mass is 35.5. The molecule has 1 fully saturated rings. The van der Waals surface area contributed by atoms with Gasteiger partial charge in [0.2, 0.25) is 0 Å². The van der Waals surface area contributed by atoms with Gasteiger partial charge in [0.25, 0.3) is 0 Å². The molecule has 2 rings (SSSR count). The van der Waals surface area contributed by atoms with Gasteiger partial charge in [0, 0.05) is 11.1 Å². The summed E-state index contributed by atoms with van der Waals surface area (Å²) < 4.78 is 6.42. The molecule has 0 amide bonds. The molecule has 118 valence electrons. The third-order valence-electron chi connectivity index (χ3n) is 4.36. The predicted octanol–water partition coefficient (Wildman–Crippen LogP) is 4.96. The minimum atomic E-state index is -0.0617. The minimum Gasteiger partial charge on any atom is -0.369 e. The van der Waals surface area contributed by atoms with Crippen molar-refractivity contribution >= 4 is 11.6 Å². The molecular weight excluding hydrogens is 282 g/mol. The lowest BCUT2D eigenvalue weighted by atomic mass is 9.71. The van der Waals surface area contributed by atoms with Gasteiger partial charge in [-0.05, 0) is 55.2 Å². The zero-order chi connectivity index (χ0) is 15.6. The second kappa shape index (κ2) is 6.68. The maximum Gasteiger partial charge on any atom is 0.0976 e. The number of ether oxygens (including phenoxy) is 1. The Kier molecular flexibility index (Phi) is 5.34. The fourth-order valence-electron chi connectivity index (χ4n) is 3.73. The number of hydrogen-bond acceptors (Lipinski definition) is 2. The summed E-state index contributed by atoms with van der Waals surface area (Å²) in [6.45, 7) is 9.00. The molecule has 0 bridgehead atoms. The van der Waals surface area contributed by atoms with Gasteiger partial charge in [-0.2, -0.15) is 0 Å². The summed E-state index contributed by atoms with van der Waals surface area (Å²) in [7, 11) is 0. The number of rotatable bonds is 4. The first-order valence-electron chi connectivity index (χ1n) is 7.93. The monoisotopic (exact) mass is 309 g/mol. The van der Waals surface area contributed by atoms with Crippen LogP contribution in [-0.4, -0.2) is 12.1 Å². The topological polar surface area (TPSA) is 35.2 Å². The lowest BCUT2D eigenvalue weighted by Crippen LogP contribution is -2.37. The molecule has 1 aromatic rings. The molecule has 0 aromatic heterocycles. The predicted molar refractivity (Wildman–Crippen MR) is 89.5 cm³/mol. The van der Waals surface area contributed by atoms with Crippen molar-refractivity contribution in [3.05, 3.63) is 34.9 Å².